The molecule has 80 valence electrons. The van der Waals surface area contributed by atoms with Crippen molar-refractivity contribution in [3.8, 4) is 0 Å². The lowest BCUT2D eigenvalue weighted by Crippen LogP contribution is -2.37. The molecule has 1 spiro atoms. The summed E-state index contributed by atoms with van der Waals surface area (Å²) in [6.07, 6.45) is 2.03. The maximum atomic E-state index is 9.89. The van der Waals surface area contributed by atoms with Gasteiger partial charge in [0.1, 0.15) is 0 Å². The Balaban J connectivity index is 2.06. The molecule has 3 rings (SSSR count). The molecule has 2 aliphatic heterocycles. The van der Waals surface area contributed by atoms with Gasteiger partial charge in [-0.3, -0.25) is 10.3 Å². The van der Waals surface area contributed by atoms with Crippen molar-refractivity contribution in [3.63, 3.8) is 0 Å². The van der Waals surface area contributed by atoms with Gasteiger partial charge in [-0.25, -0.2) is 0 Å². The molecule has 0 bridgehead atoms. The molecule has 0 aromatic heterocycles. The Morgan fingerprint density at radius 1 is 1.20 bits per heavy atom. The van der Waals surface area contributed by atoms with Gasteiger partial charge in [-0.15, -0.1) is 0 Å². The molecule has 1 fully saturated rings. The summed E-state index contributed by atoms with van der Waals surface area (Å²) in [4.78, 5) is 0. The van der Waals surface area contributed by atoms with Crippen molar-refractivity contribution in [3.05, 3.63) is 29.8 Å². The van der Waals surface area contributed by atoms with E-state index >= 15 is 0 Å². The summed E-state index contributed by atoms with van der Waals surface area (Å²) in [7, 11) is 0. The van der Waals surface area contributed by atoms with Gasteiger partial charge in [-0.1, -0.05) is 18.2 Å². The topological polar surface area (TPSA) is 32.7 Å². The van der Waals surface area contributed by atoms with Crippen molar-refractivity contribution in [2.45, 2.75) is 18.3 Å². The number of anilines is 1. The number of ether oxygens (including phenoxy) is 1. The summed E-state index contributed by atoms with van der Waals surface area (Å²) in [5.41, 5.74) is 2.39. The first kappa shape index (κ1) is 9.19. The van der Waals surface area contributed by atoms with Gasteiger partial charge in [0.2, 0.25) is 0 Å². The molecule has 15 heavy (non-hydrogen) atoms. The van der Waals surface area contributed by atoms with Gasteiger partial charge in [0.15, 0.2) is 0 Å². The molecule has 1 aromatic carbocycles. The number of hydrogen-bond donors (Lipinski definition) is 1. The van der Waals surface area contributed by atoms with Gasteiger partial charge in [0.25, 0.3) is 0 Å². The van der Waals surface area contributed by atoms with Crippen LogP contribution in [-0.2, 0) is 10.2 Å². The maximum Gasteiger partial charge on any atom is 0.0672 e. The van der Waals surface area contributed by atoms with Crippen LogP contribution < -0.4 is 5.06 Å². The highest BCUT2D eigenvalue weighted by molar-refractivity contribution is 5.60. The van der Waals surface area contributed by atoms with Crippen LogP contribution in [0.4, 0.5) is 5.69 Å². The molecule has 1 N–H and O–H groups in total. The van der Waals surface area contributed by atoms with Gasteiger partial charge in [0.05, 0.1) is 12.2 Å². The van der Waals surface area contributed by atoms with Crippen molar-refractivity contribution in [2.24, 2.45) is 0 Å². The van der Waals surface area contributed by atoms with Crippen molar-refractivity contribution < 1.29 is 9.94 Å². The van der Waals surface area contributed by atoms with Crippen LogP contribution in [0.25, 0.3) is 0 Å². The van der Waals surface area contributed by atoms with Crippen molar-refractivity contribution in [2.75, 3.05) is 24.8 Å². The van der Waals surface area contributed by atoms with Crippen molar-refractivity contribution in [1.82, 2.24) is 0 Å². The molecular formula is C12H15NO2. The second kappa shape index (κ2) is 3.22. The van der Waals surface area contributed by atoms with Gasteiger partial charge in [-0.05, 0) is 24.5 Å². The maximum absolute atomic E-state index is 9.89. The molecule has 2 heterocycles. The smallest absolute Gasteiger partial charge is 0.0672 e. The molecule has 0 atom stereocenters. The zero-order valence-corrected chi connectivity index (χ0v) is 8.65. The van der Waals surface area contributed by atoms with Crippen molar-refractivity contribution in [1.29, 1.82) is 0 Å². The highest BCUT2D eigenvalue weighted by atomic mass is 16.5. The van der Waals surface area contributed by atoms with E-state index in [0.29, 0.717) is 0 Å². The Labute approximate surface area is 89.2 Å². The number of fused-ring (bicyclic) bond motifs is 2. The quantitative estimate of drug-likeness (QED) is 0.702. The first-order valence-corrected chi connectivity index (χ1v) is 5.46. The SMILES string of the molecule is ON1CC2(CCOCC2)c2ccccc21. The number of hydroxylamine groups is 1. The first-order valence-electron chi connectivity index (χ1n) is 5.46. The Kier molecular flexibility index (Phi) is 1.97. The summed E-state index contributed by atoms with van der Waals surface area (Å²) < 4.78 is 5.41. The number of para-hydroxylation sites is 1. The summed E-state index contributed by atoms with van der Waals surface area (Å²) >= 11 is 0. The predicted octanol–water partition coefficient (Wildman–Crippen LogP) is 1.94. The van der Waals surface area contributed by atoms with Gasteiger partial charge in [-0.2, -0.15) is 0 Å². The predicted molar refractivity (Wildman–Crippen MR) is 57.3 cm³/mol. The third kappa shape index (κ3) is 1.27. The van der Waals surface area contributed by atoms with Crippen LogP contribution in [0.15, 0.2) is 24.3 Å². The fourth-order valence-corrected chi connectivity index (χ4v) is 2.79. The Hall–Kier alpha value is -1.06. The standard InChI is InChI=1S/C12H15NO2/c14-13-9-12(5-7-15-8-6-12)10-3-1-2-4-11(10)13/h1-4,14H,5-9H2. The van der Waals surface area contributed by atoms with E-state index in [2.05, 4.69) is 12.1 Å². The molecule has 0 amide bonds. The van der Waals surface area contributed by atoms with Crippen LogP contribution >= 0.6 is 0 Å². The van der Waals surface area contributed by atoms with Crippen LogP contribution in [0.5, 0.6) is 0 Å². The van der Waals surface area contributed by atoms with E-state index in [1.54, 1.807) is 0 Å². The van der Waals surface area contributed by atoms with E-state index in [1.807, 2.05) is 12.1 Å². The fourth-order valence-electron chi connectivity index (χ4n) is 2.79. The number of benzene rings is 1. The van der Waals surface area contributed by atoms with Crippen LogP contribution in [-0.4, -0.2) is 25.0 Å². The molecule has 2 aliphatic rings. The molecular weight excluding hydrogens is 190 g/mol. The summed E-state index contributed by atoms with van der Waals surface area (Å²) in [5.74, 6) is 0. The average molecular weight is 205 g/mol. The normalized spacial score (nSPS) is 23.1. The summed E-state index contributed by atoms with van der Waals surface area (Å²) in [5, 5.41) is 11.3. The van der Waals surface area contributed by atoms with E-state index in [9.17, 15) is 5.21 Å². The lowest BCUT2D eigenvalue weighted by Gasteiger charge is -2.33. The number of nitrogens with zero attached hydrogens (tertiary/aromatic N) is 1. The zero-order valence-electron chi connectivity index (χ0n) is 8.65. The van der Waals surface area contributed by atoms with Crippen LogP contribution in [0, 0.1) is 0 Å². The highest BCUT2D eigenvalue weighted by Crippen LogP contribution is 2.45. The molecule has 0 radical (unpaired) electrons. The van der Waals surface area contributed by atoms with E-state index in [-0.39, 0.29) is 5.41 Å². The Morgan fingerprint density at radius 2 is 1.93 bits per heavy atom. The minimum absolute atomic E-state index is 0.129. The molecule has 3 nitrogen and oxygen atoms in total. The van der Waals surface area contributed by atoms with Crippen LogP contribution in [0.2, 0.25) is 0 Å². The first-order chi connectivity index (χ1) is 7.32. The monoisotopic (exact) mass is 205 g/mol. The minimum Gasteiger partial charge on any atom is -0.381 e. The van der Waals surface area contributed by atoms with Crippen molar-refractivity contribution >= 4 is 5.69 Å². The van der Waals surface area contributed by atoms with Gasteiger partial charge >= 0.3 is 0 Å². The minimum atomic E-state index is 0.129. The van der Waals surface area contributed by atoms with Crippen LogP contribution in [0.1, 0.15) is 18.4 Å². The average Bonchev–Trinajstić information content (AvgIpc) is 2.55. The van der Waals surface area contributed by atoms with Gasteiger partial charge in [0, 0.05) is 18.6 Å². The second-order valence-electron chi connectivity index (χ2n) is 4.47. The third-order valence-electron chi connectivity index (χ3n) is 3.66. The molecule has 0 aliphatic carbocycles. The third-order valence-corrected chi connectivity index (χ3v) is 3.66. The molecule has 0 saturated carbocycles. The highest BCUT2D eigenvalue weighted by Gasteiger charge is 2.43. The van der Waals surface area contributed by atoms with E-state index in [4.69, 9.17) is 4.74 Å². The summed E-state index contributed by atoms with van der Waals surface area (Å²) in [6.45, 7) is 2.33. The second-order valence-corrected chi connectivity index (χ2v) is 4.47. The molecule has 1 saturated heterocycles. The Bertz CT molecular complexity index is 372. The number of rotatable bonds is 0. The number of hydrogen-bond acceptors (Lipinski definition) is 3. The fraction of sp³-hybridized carbons (Fsp3) is 0.500. The van der Waals surface area contributed by atoms with Crippen LogP contribution in [0.3, 0.4) is 0 Å². The van der Waals surface area contributed by atoms with E-state index in [0.717, 1.165) is 38.3 Å². The zero-order chi connectivity index (χ0) is 10.3. The lowest BCUT2D eigenvalue weighted by molar-refractivity contribution is 0.0502. The van der Waals surface area contributed by atoms with Gasteiger partial charge < -0.3 is 4.74 Å². The lowest BCUT2D eigenvalue weighted by atomic mass is 9.76. The van der Waals surface area contributed by atoms with E-state index < -0.39 is 0 Å². The largest absolute Gasteiger partial charge is 0.381 e. The molecule has 3 heteroatoms. The molecule has 0 unspecified atom stereocenters. The van der Waals surface area contributed by atoms with E-state index in [1.165, 1.54) is 10.6 Å². The summed E-state index contributed by atoms with van der Waals surface area (Å²) in [6, 6.07) is 8.14. The molecule has 1 aromatic rings. The Morgan fingerprint density at radius 3 is 2.73 bits per heavy atom.